The van der Waals surface area contributed by atoms with Crippen LogP contribution < -0.4 is 10.2 Å². The van der Waals surface area contributed by atoms with Gasteiger partial charge in [-0.1, -0.05) is 0 Å². The van der Waals surface area contributed by atoms with Crippen LogP contribution in [0.5, 0.6) is 0 Å². The van der Waals surface area contributed by atoms with Crippen LogP contribution in [0, 0.1) is 13.8 Å². The van der Waals surface area contributed by atoms with Crippen LogP contribution in [0.1, 0.15) is 12.8 Å². The molecule has 2 N–H and O–H groups in total. The number of nitrogens with one attached hydrogen (secondary N) is 1. The van der Waals surface area contributed by atoms with E-state index >= 15 is 0 Å². The van der Waals surface area contributed by atoms with E-state index in [0.717, 1.165) is 21.9 Å². The van der Waals surface area contributed by atoms with Crippen LogP contribution in [0.25, 0.3) is 10.9 Å². The molecule has 1 aliphatic rings. The maximum absolute atomic E-state index is 11.5. The lowest BCUT2D eigenvalue weighted by molar-refractivity contribution is -0.384. The minimum absolute atomic E-state index is 0.0180. The Morgan fingerprint density at radius 2 is 2.29 bits per heavy atom. The maximum atomic E-state index is 11.5. The zero-order valence-electron chi connectivity index (χ0n) is 12.9. The number of nitro benzene ring substituents is 1. The normalized spacial score (nSPS) is 17.9. The zero-order chi connectivity index (χ0) is 17.4. The van der Waals surface area contributed by atoms with Crippen LogP contribution in [0.2, 0.25) is 0 Å². The van der Waals surface area contributed by atoms with Crippen molar-refractivity contribution in [2.24, 2.45) is 7.05 Å². The first kappa shape index (κ1) is 16.7. The monoisotopic (exact) mass is 445 g/mol. The molecule has 3 rings (SSSR count). The third-order valence-corrected chi connectivity index (χ3v) is 5.38. The third kappa shape index (κ3) is 2.97. The predicted molar refractivity (Wildman–Crippen MR) is 96.5 cm³/mol. The first-order chi connectivity index (χ1) is 11.4. The Labute approximate surface area is 150 Å². The van der Waals surface area contributed by atoms with Crippen molar-refractivity contribution >= 4 is 51.0 Å². The van der Waals surface area contributed by atoms with Gasteiger partial charge in [0.1, 0.15) is 9.39 Å². The van der Waals surface area contributed by atoms with Crippen molar-refractivity contribution in [1.82, 2.24) is 15.1 Å². The van der Waals surface area contributed by atoms with Crippen LogP contribution >= 0.6 is 22.6 Å². The van der Waals surface area contributed by atoms with E-state index in [1.807, 2.05) is 4.90 Å². The van der Waals surface area contributed by atoms with Crippen LogP contribution in [0.15, 0.2) is 12.1 Å². The number of piperidine rings is 1. The minimum atomic E-state index is -1.08. The van der Waals surface area contributed by atoms with Crippen molar-refractivity contribution in [1.29, 1.82) is 0 Å². The summed E-state index contributed by atoms with van der Waals surface area (Å²) >= 11 is 2.13. The van der Waals surface area contributed by atoms with Crippen molar-refractivity contribution in [3.63, 3.8) is 0 Å². The van der Waals surface area contributed by atoms with E-state index in [4.69, 9.17) is 5.11 Å². The fraction of sp³-hybridized carbons (Fsp3) is 0.429. The van der Waals surface area contributed by atoms with E-state index in [2.05, 4.69) is 33.0 Å². The fourth-order valence-corrected chi connectivity index (χ4v) is 3.80. The molecule has 10 heteroatoms. The summed E-state index contributed by atoms with van der Waals surface area (Å²) in [5.41, 5.74) is 1.23. The van der Waals surface area contributed by atoms with E-state index in [1.54, 1.807) is 17.8 Å². The fourth-order valence-electron chi connectivity index (χ4n) is 3.16. The van der Waals surface area contributed by atoms with Gasteiger partial charge in [-0.05, 0) is 41.5 Å². The Morgan fingerprint density at radius 1 is 1.54 bits per heavy atom. The molecule has 1 saturated heterocycles. The van der Waals surface area contributed by atoms with Crippen molar-refractivity contribution < 1.29 is 14.8 Å². The summed E-state index contributed by atoms with van der Waals surface area (Å²) in [5.74, 6) is 0. The number of amides is 1. The number of hydrogen-bond acceptors (Lipinski definition) is 5. The highest BCUT2D eigenvalue weighted by molar-refractivity contribution is 14.1. The molecule has 0 radical (unpaired) electrons. The molecule has 0 aliphatic carbocycles. The molecular weight excluding hydrogens is 429 g/mol. The number of carbonyl (C=O) groups is 1. The number of halogens is 1. The topological polar surface area (TPSA) is 114 Å². The Bertz CT molecular complexity index is 821. The van der Waals surface area contributed by atoms with Gasteiger partial charge in [0, 0.05) is 32.2 Å². The van der Waals surface area contributed by atoms with Crippen LogP contribution in [0.3, 0.4) is 0 Å². The summed E-state index contributed by atoms with van der Waals surface area (Å²) in [7, 11) is 1.79. The van der Waals surface area contributed by atoms with Gasteiger partial charge >= 0.3 is 6.09 Å². The van der Waals surface area contributed by atoms with Gasteiger partial charge in [0.25, 0.3) is 5.69 Å². The number of fused-ring (bicyclic) bond motifs is 1. The Balaban J connectivity index is 2.10. The number of benzene rings is 1. The summed E-state index contributed by atoms with van der Waals surface area (Å²) < 4.78 is 2.50. The molecule has 0 bridgehead atoms. The van der Waals surface area contributed by atoms with Gasteiger partial charge in [0.05, 0.1) is 15.8 Å². The number of aromatic nitrogens is 2. The van der Waals surface area contributed by atoms with Crippen LogP contribution in [-0.2, 0) is 7.05 Å². The molecule has 2 heterocycles. The smallest absolute Gasteiger partial charge is 0.404 e. The molecule has 1 aromatic carbocycles. The number of hydrogen-bond donors (Lipinski definition) is 2. The number of nitro groups is 1. The molecule has 128 valence electrons. The van der Waals surface area contributed by atoms with Crippen molar-refractivity contribution in [3.05, 3.63) is 25.9 Å². The number of carboxylic acid groups (broad SMARTS) is 1. The van der Waals surface area contributed by atoms with Crippen molar-refractivity contribution in [3.8, 4) is 0 Å². The average Bonchev–Trinajstić information content (AvgIpc) is 2.81. The van der Waals surface area contributed by atoms with E-state index in [1.165, 1.54) is 6.07 Å². The first-order valence-electron chi connectivity index (χ1n) is 7.42. The lowest BCUT2D eigenvalue weighted by Gasteiger charge is -2.34. The Kier molecular flexibility index (Phi) is 4.47. The van der Waals surface area contributed by atoms with Gasteiger partial charge < -0.3 is 15.3 Å². The predicted octanol–water partition coefficient (Wildman–Crippen LogP) is 2.32. The zero-order valence-corrected chi connectivity index (χ0v) is 15.1. The van der Waals surface area contributed by atoms with Gasteiger partial charge in [0.15, 0.2) is 0 Å². The summed E-state index contributed by atoms with van der Waals surface area (Å²) in [5, 5.41) is 28.1. The van der Waals surface area contributed by atoms with E-state index in [-0.39, 0.29) is 11.7 Å². The van der Waals surface area contributed by atoms with Gasteiger partial charge in [-0.15, -0.1) is 0 Å². The van der Waals surface area contributed by atoms with Crippen molar-refractivity contribution in [2.45, 2.75) is 18.9 Å². The van der Waals surface area contributed by atoms with Crippen LogP contribution in [-0.4, -0.2) is 45.0 Å². The second-order valence-corrected chi connectivity index (χ2v) is 6.76. The molecule has 1 atom stereocenters. The molecule has 24 heavy (non-hydrogen) atoms. The highest BCUT2D eigenvalue weighted by Gasteiger charge is 2.30. The minimum Gasteiger partial charge on any atom is -0.465 e. The molecule has 1 amide bonds. The molecule has 1 aromatic heterocycles. The highest BCUT2D eigenvalue weighted by Crippen LogP contribution is 2.39. The summed E-state index contributed by atoms with van der Waals surface area (Å²) in [6, 6.07) is 2.87. The van der Waals surface area contributed by atoms with Gasteiger partial charge in [-0.25, -0.2) is 4.79 Å². The molecule has 9 nitrogen and oxygen atoms in total. The van der Waals surface area contributed by atoms with E-state index in [0.29, 0.717) is 24.3 Å². The highest BCUT2D eigenvalue weighted by atomic mass is 127. The maximum Gasteiger partial charge on any atom is 0.404 e. The Hall–Kier alpha value is -2.11. The van der Waals surface area contributed by atoms with E-state index in [9.17, 15) is 14.9 Å². The number of anilines is 1. The molecule has 1 fully saturated rings. The Morgan fingerprint density at radius 3 is 2.96 bits per heavy atom. The lowest BCUT2D eigenvalue weighted by Crippen LogP contribution is -2.47. The van der Waals surface area contributed by atoms with Crippen LogP contribution in [0.4, 0.5) is 16.2 Å². The van der Waals surface area contributed by atoms with E-state index < -0.39 is 11.0 Å². The summed E-state index contributed by atoms with van der Waals surface area (Å²) in [6.45, 7) is 1.04. The average molecular weight is 445 g/mol. The molecular formula is C14H16IN5O4. The molecule has 2 aromatic rings. The van der Waals surface area contributed by atoms with Gasteiger partial charge in [-0.2, -0.15) is 5.10 Å². The first-order valence-corrected chi connectivity index (χ1v) is 8.50. The number of nitrogens with zero attached hydrogens (tertiary/aromatic N) is 4. The number of rotatable bonds is 3. The van der Waals surface area contributed by atoms with Gasteiger partial charge in [0.2, 0.25) is 0 Å². The van der Waals surface area contributed by atoms with Gasteiger partial charge in [-0.3, -0.25) is 14.8 Å². The molecule has 1 aliphatic heterocycles. The van der Waals surface area contributed by atoms with Crippen molar-refractivity contribution in [2.75, 3.05) is 18.0 Å². The summed E-state index contributed by atoms with van der Waals surface area (Å²) in [6.07, 6.45) is 0.400. The second kappa shape index (κ2) is 6.42. The standard InChI is InChI=1S/C14H16IN5O4/c1-18-13(15)11-9(17-18)4-5-10(20(23)24)12(11)19-6-2-3-8(7-19)16-14(21)22/h4-5,8,16H,2-3,6-7H2,1H3,(H,21,22)/t8-/m1/s1. The third-order valence-electron chi connectivity index (χ3n) is 4.14. The molecule has 0 spiro atoms. The quantitative estimate of drug-likeness (QED) is 0.426. The lowest BCUT2D eigenvalue weighted by atomic mass is 10.0. The molecule has 0 saturated carbocycles. The number of aryl methyl sites for hydroxylation is 1. The molecule has 0 unspecified atom stereocenters. The SMILES string of the molecule is Cn1nc2ccc([N+](=O)[O-])c(N3CCC[C@@H](NC(=O)O)C3)c2c1I. The largest absolute Gasteiger partial charge is 0.465 e. The second-order valence-electron chi connectivity index (χ2n) is 5.73. The summed E-state index contributed by atoms with van der Waals surface area (Å²) in [4.78, 5) is 23.9.